The third-order valence-electron chi connectivity index (χ3n) is 6.17. The minimum absolute atomic E-state index is 0.0220. The summed E-state index contributed by atoms with van der Waals surface area (Å²) in [7, 11) is -4.45. The highest BCUT2D eigenvalue weighted by molar-refractivity contribution is 7.85. The van der Waals surface area contributed by atoms with Gasteiger partial charge in [0.2, 0.25) is 0 Å². The van der Waals surface area contributed by atoms with Gasteiger partial charge in [-0.15, -0.1) is 0 Å². The number of unbranched alkanes of at least 4 members (excludes halogenated alkanes) is 9. The Morgan fingerprint density at radius 3 is 1.75 bits per heavy atom. The van der Waals surface area contributed by atoms with Crippen LogP contribution in [0.15, 0.2) is 41.3 Å². The molecule has 2 aromatic rings. The Kier molecular flexibility index (Phi) is 8.38. The van der Waals surface area contributed by atoms with Gasteiger partial charge < -0.3 is 0 Å². The second kappa shape index (κ2) is 11.0. The van der Waals surface area contributed by atoms with Gasteiger partial charge in [-0.05, 0) is 42.7 Å². The maximum atomic E-state index is 13.0. The molecule has 6 heteroatoms. The third kappa shape index (κ3) is 5.93. The average molecular weight is 457 g/mol. The quantitative estimate of drug-likeness (QED) is 0.260. The normalized spacial score (nSPS) is 13.2. The van der Waals surface area contributed by atoms with E-state index in [9.17, 15) is 22.6 Å². The van der Waals surface area contributed by atoms with Crippen LogP contribution in [0.25, 0.3) is 0 Å². The number of fused-ring (bicyclic) bond motifs is 2. The molecule has 32 heavy (non-hydrogen) atoms. The highest BCUT2D eigenvalue weighted by Crippen LogP contribution is 2.30. The fourth-order valence-corrected chi connectivity index (χ4v) is 4.82. The van der Waals surface area contributed by atoms with Gasteiger partial charge in [-0.2, -0.15) is 8.42 Å². The molecule has 2 aromatic carbocycles. The molecule has 0 amide bonds. The van der Waals surface area contributed by atoms with Gasteiger partial charge in [-0.3, -0.25) is 14.1 Å². The topological polar surface area (TPSA) is 88.5 Å². The Balaban J connectivity index is 1.58. The van der Waals surface area contributed by atoms with Crippen LogP contribution in [-0.2, 0) is 16.5 Å². The van der Waals surface area contributed by atoms with Crippen molar-refractivity contribution in [3.63, 3.8) is 0 Å². The average Bonchev–Trinajstić information content (AvgIpc) is 2.77. The molecule has 0 saturated carbocycles. The molecule has 1 N–H and O–H groups in total. The summed E-state index contributed by atoms with van der Waals surface area (Å²) in [6, 6.07) is 8.87. The number of ketones is 2. The van der Waals surface area contributed by atoms with Crippen LogP contribution in [0, 0.1) is 0 Å². The molecular weight excluding hydrogens is 424 g/mol. The van der Waals surface area contributed by atoms with Crippen molar-refractivity contribution in [1.29, 1.82) is 0 Å². The molecule has 0 radical (unpaired) electrons. The Morgan fingerprint density at radius 2 is 1.16 bits per heavy atom. The van der Waals surface area contributed by atoms with Gasteiger partial charge >= 0.3 is 0 Å². The summed E-state index contributed by atoms with van der Waals surface area (Å²) in [4.78, 5) is 25.4. The summed E-state index contributed by atoms with van der Waals surface area (Å²) in [5, 5.41) is 0. The minimum Gasteiger partial charge on any atom is -0.289 e. The number of aryl methyl sites for hydroxylation is 1. The van der Waals surface area contributed by atoms with Crippen LogP contribution in [-0.4, -0.2) is 24.5 Å². The van der Waals surface area contributed by atoms with Crippen molar-refractivity contribution >= 4 is 21.7 Å². The van der Waals surface area contributed by atoms with Crippen LogP contribution in [0.4, 0.5) is 0 Å². The summed E-state index contributed by atoms with van der Waals surface area (Å²) in [5.74, 6) is -0.688. The fraction of sp³-hybridized carbons (Fsp3) is 0.462. The molecule has 0 fully saturated rings. The van der Waals surface area contributed by atoms with E-state index < -0.39 is 10.1 Å². The molecule has 0 aromatic heterocycles. The number of rotatable bonds is 12. The lowest BCUT2D eigenvalue weighted by molar-refractivity contribution is 0.0978. The largest absolute Gasteiger partial charge is 0.294 e. The first kappa shape index (κ1) is 24.3. The number of carbonyl (C=O) groups excluding carboxylic acids is 2. The second-order valence-corrected chi connectivity index (χ2v) is 10.1. The molecule has 1 aliphatic rings. The van der Waals surface area contributed by atoms with Crippen LogP contribution in [0.2, 0.25) is 0 Å². The maximum Gasteiger partial charge on any atom is 0.294 e. The number of benzene rings is 2. The van der Waals surface area contributed by atoms with Crippen molar-refractivity contribution in [3.8, 4) is 0 Å². The van der Waals surface area contributed by atoms with E-state index in [2.05, 4.69) is 6.92 Å². The molecular formula is C26H32O5S. The monoisotopic (exact) mass is 456 g/mol. The van der Waals surface area contributed by atoms with Gasteiger partial charge in [0.15, 0.2) is 11.6 Å². The molecule has 0 spiro atoms. The van der Waals surface area contributed by atoms with E-state index in [1.54, 1.807) is 12.1 Å². The molecule has 0 saturated heterocycles. The van der Waals surface area contributed by atoms with Gasteiger partial charge in [0.1, 0.15) is 0 Å². The smallest absolute Gasteiger partial charge is 0.289 e. The molecule has 1 aliphatic carbocycles. The zero-order chi connectivity index (χ0) is 23.1. The summed E-state index contributed by atoms with van der Waals surface area (Å²) in [6.07, 6.45) is 13.4. The molecule has 0 unspecified atom stereocenters. The SMILES string of the molecule is CCCCCCCCCCCCc1ccc2c(c1)C(=O)c1cc(S(=O)(=O)O)ccc1C2=O. The van der Waals surface area contributed by atoms with E-state index in [0.717, 1.165) is 37.0 Å². The van der Waals surface area contributed by atoms with Crippen LogP contribution < -0.4 is 0 Å². The highest BCUT2D eigenvalue weighted by Gasteiger charge is 2.31. The van der Waals surface area contributed by atoms with Gasteiger partial charge in [-0.25, -0.2) is 0 Å². The third-order valence-corrected chi connectivity index (χ3v) is 7.02. The molecule has 172 valence electrons. The lowest BCUT2D eigenvalue weighted by atomic mass is 9.83. The van der Waals surface area contributed by atoms with Crippen molar-refractivity contribution in [1.82, 2.24) is 0 Å². The second-order valence-electron chi connectivity index (χ2n) is 8.65. The predicted molar refractivity (Wildman–Crippen MR) is 125 cm³/mol. The zero-order valence-corrected chi connectivity index (χ0v) is 19.5. The van der Waals surface area contributed by atoms with E-state index in [-0.39, 0.29) is 27.6 Å². The molecule has 0 bridgehead atoms. The van der Waals surface area contributed by atoms with Crippen LogP contribution in [0.5, 0.6) is 0 Å². The van der Waals surface area contributed by atoms with Crippen LogP contribution >= 0.6 is 0 Å². The Hall–Kier alpha value is -2.31. The molecule has 3 rings (SSSR count). The summed E-state index contributed by atoms with van der Waals surface area (Å²) in [5.41, 5.74) is 1.83. The minimum atomic E-state index is -4.45. The van der Waals surface area contributed by atoms with E-state index in [1.165, 1.54) is 57.4 Å². The van der Waals surface area contributed by atoms with Gasteiger partial charge in [-0.1, -0.05) is 76.8 Å². The van der Waals surface area contributed by atoms with Gasteiger partial charge in [0.05, 0.1) is 4.90 Å². The van der Waals surface area contributed by atoms with Gasteiger partial charge in [0, 0.05) is 22.3 Å². The number of hydrogen-bond acceptors (Lipinski definition) is 4. The van der Waals surface area contributed by atoms with E-state index in [1.807, 2.05) is 6.07 Å². The number of carbonyl (C=O) groups is 2. The Morgan fingerprint density at radius 1 is 0.656 bits per heavy atom. The summed E-state index contributed by atoms with van der Waals surface area (Å²) >= 11 is 0. The zero-order valence-electron chi connectivity index (χ0n) is 18.7. The predicted octanol–water partition coefficient (Wildman–Crippen LogP) is 6.17. The van der Waals surface area contributed by atoms with Crippen molar-refractivity contribution in [2.75, 3.05) is 0 Å². The molecule has 0 aliphatic heterocycles. The van der Waals surface area contributed by atoms with E-state index in [4.69, 9.17) is 0 Å². The molecule has 0 heterocycles. The Labute approximate surface area is 191 Å². The first-order valence-electron chi connectivity index (χ1n) is 11.7. The maximum absolute atomic E-state index is 13.0. The van der Waals surface area contributed by atoms with E-state index >= 15 is 0 Å². The first-order valence-corrected chi connectivity index (χ1v) is 13.1. The van der Waals surface area contributed by atoms with Crippen molar-refractivity contribution in [3.05, 3.63) is 64.2 Å². The molecule has 5 nitrogen and oxygen atoms in total. The highest BCUT2D eigenvalue weighted by atomic mass is 32.2. The van der Waals surface area contributed by atoms with E-state index in [0.29, 0.717) is 11.1 Å². The summed E-state index contributed by atoms with van der Waals surface area (Å²) < 4.78 is 32.2. The number of hydrogen-bond donors (Lipinski definition) is 1. The van der Waals surface area contributed by atoms with Gasteiger partial charge in [0.25, 0.3) is 10.1 Å². The van der Waals surface area contributed by atoms with Crippen molar-refractivity contribution in [2.24, 2.45) is 0 Å². The standard InChI is InChI=1S/C26H32O5S/c1-2-3-4-5-6-7-8-9-10-11-12-19-13-15-21-23(17-19)26(28)24-18-20(32(29,30)31)14-16-22(24)25(21)27/h13-18H,2-12H2,1H3,(H,29,30,31). The van der Waals surface area contributed by atoms with Crippen LogP contribution in [0.3, 0.4) is 0 Å². The van der Waals surface area contributed by atoms with Crippen molar-refractivity contribution < 1.29 is 22.6 Å². The Bertz CT molecular complexity index is 1090. The lowest BCUT2D eigenvalue weighted by Gasteiger charge is -2.18. The summed E-state index contributed by atoms with van der Waals surface area (Å²) in [6.45, 7) is 2.23. The van der Waals surface area contributed by atoms with Crippen LogP contribution in [0.1, 0.15) is 109 Å². The fourth-order valence-electron chi connectivity index (χ4n) is 4.31. The van der Waals surface area contributed by atoms with Crippen molar-refractivity contribution in [2.45, 2.75) is 82.4 Å². The lowest BCUT2D eigenvalue weighted by Crippen LogP contribution is -2.21. The first-order chi connectivity index (χ1) is 15.3. The molecule has 0 atom stereocenters.